The van der Waals surface area contributed by atoms with Crippen molar-refractivity contribution in [2.24, 2.45) is 0 Å². The van der Waals surface area contributed by atoms with Crippen molar-refractivity contribution in [3.8, 4) is 0 Å². The molecule has 3 N–H and O–H groups in total. The van der Waals surface area contributed by atoms with Crippen molar-refractivity contribution in [2.45, 2.75) is 23.5 Å². The summed E-state index contributed by atoms with van der Waals surface area (Å²) in [5.41, 5.74) is 1.98. The Morgan fingerprint density at radius 1 is 0.778 bits per heavy atom. The second-order valence-electron chi connectivity index (χ2n) is 10.0. The van der Waals surface area contributed by atoms with Crippen LogP contribution in [0, 0.1) is 0 Å². The number of carbonyl (C=O) groups is 3. The number of carbonyl (C=O) groups excluding carboxylic acids is 3. The summed E-state index contributed by atoms with van der Waals surface area (Å²) in [6.07, 6.45) is 2.04. The third kappa shape index (κ3) is 8.13. The zero-order valence-corrected chi connectivity index (χ0v) is 26.5. The number of hydrogen-bond acceptors (Lipinski definition) is 4. The summed E-state index contributed by atoms with van der Waals surface area (Å²) in [6, 6.07) is 34.5. The van der Waals surface area contributed by atoms with Gasteiger partial charge in [-0.15, -0.1) is 11.8 Å². The molecule has 0 aliphatic heterocycles. The topological polar surface area (TPSA) is 87.3 Å². The lowest BCUT2D eigenvalue weighted by Gasteiger charge is -2.17. The van der Waals surface area contributed by atoms with Crippen molar-refractivity contribution in [1.82, 2.24) is 5.32 Å². The Hall–Kier alpha value is -4.56. The summed E-state index contributed by atoms with van der Waals surface area (Å²) < 4.78 is 0. The Morgan fingerprint density at radius 2 is 1.44 bits per heavy atom. The molecule has 1 atom stereocenters. The number of fused-ring (bicyclic) bond motifs is 1. The zero-order chi connectivity index (χ0) is 31.8. The van der Waals surface area contributed by atoms with Gasteiger partial charge >= 0.3 is 0 Å². The van der Waals surface area contributed by atoms with Gasteiger partial charge in [-0.05, 0) is 66.4 Å². The molecule has 0 aliphatic carbocycles. The van der Waals surface area contributed by atoms with Crippen molar-refractivity contribution >= 4 is 80.9 Å². The van der Waals surface area contributed by atoms with Gasteiger partial charge in [-0.2, -0.15) is 0 Å². The Kier molecular flexibility index (Phi) is 10.6. The van der Waals surface area contributed by atoms with Gasteiger partial charge in [0, 0.05) is 42.8 Å². The quantitative estimate of drug-likeness (QED) is 0.104. The number of amides is 3. The fraction of sp³-hybridized carbons (Fsp3) is 0.0833. The highest BCUT2D eigenvalue weighted by Gasteiger charge is 2.20. The van der Waals surface area contributed by atoms with Crippen molar-refractivity contribution in [3.63, 3.8) is 0 Å². The molecule has 0 spiro atoms. The minimum absolute atomic E-state index is 0.0437. The molecule has 3 amide bonds. The molecule has 6 nitrogen and oxygen atoms in total. The highest BCUT2D eigenvalue weighted by molar-refractivity contribution is 8.00. The van der Waals surface area contributed by atoms with Gasteiger partial charge in [-0.1, -0.05) is 96.9 Å². The molecule has 226 valence electrons. The van der Waals surface area contributed by atoms with Gasteiger partial charge in [0.15, 0.2) is 0 Å². The Labute approximate surface area is 275 Å². The van der Waals surface area contributed by atoms with E-state index in [4.69, 9.17) is 23.2 Å². The van der Waals surface area contributed by atoms with Crippen LogP contribution in [-0.2, 0) is 9.59 Å². The van der Waals surface area contributed by atoms with E-state index in [0.29, 0.717) is 33.3 Å². The summed E-state index contributed by atoms with van der Waals surface area (Å²) in [5, 5.41) is 10.9. The van der Waals surface area contributed by atoms with E-state index in [2.05, 4.69) is 16.0 Å². The third-order valence-corrected chi connectivity index (χ3v) is 8.92. The van der Waals surface area contributed by atoms with Crippen LogP contribution >= 0.6 is 35.0 Å². The fourth-order valence-electron chi connectivity index (χ4n) is 4.62. The van der Waals surface area contributed by atoms with E-state index >= 15 is 0 Å². The van der Waals surface area contributed by atoms with Gasteiger partial charge in [-0.25, -0.2) is 0 Å². The Balaban J connectivity index is 1.34. The monoisotopic (exact) mass is 653 g/mol. The number of nitrogens with one attached hydrogen (secondary N) is 3. The van der Waals surface area contributed by atoms with Gasteiger partial charge in [-0.3, -0.25) is 14.4 Å². The van der Waals surface area contributed by atoms with E-state index in [-0.39, 0.29) is 16.9 Å². The van der Waals surface area contributed by atoms with E-state index in [1.165, 1.54) is 17.8 Å². The molecule has 0 saturated heterocycles. The smallest absolute Gasteiger partial charge is 0.272 e. The van der Waals surface area contributed by atoms with E-state index in [0.717, 1.165) is 21.4 Å². The first-order valence-corrected chi connectivity index (χ1v) is 15.8. The van der Waals surface area contributed by atoms with Gasteiger partial charge in [0.2, 0.25) is 5.91 Å². The van der Waals surface area contributed by atoms with Crippen LogP contribution in [0.5, 0.6) is 0 Å². The predicted molar refractivity (Wildman–Crippen MR) is 186 cm³/mol. The third-order valence-electron chi connectivity index (χ3n) is 6.90. The number of anilines is 2. The van der Waals surface area contributed by atoms with E-state index in [1.54, 1.807) is 66.7 Å². The SMILES string of the molecule is CCC(Sc1cccc(NC(=O)/C(=C\c2c(Cl)cccc2Cl)NC(=O)c2ccccc2)c1)C(=O)Nc1cccc2ccccc12. The molecular weight excluding hydrogens is 625 g/mol. The van der Waals surface area contributed by atoms with Crippen LogP contribution in [0.15, 0.2) is 126 Å². The molecule has 9 heteroatoms. The fourth-order valence-corrected chi connectivity index (χ4v) is 6.13. The molecule has 0 aliphatic rings. The number of halogens is 2. The van der Waals surface area contributed by atoms with E-state index in [1.807, 2.05) is 55.5 Å². The lowest BCUT2D eigenvalue weighted by Crippen LogP contribution is -2.30. The first kappa shape index (κ1) is 31.9. The number of hydrogen-bond donors (Lipinski definition) is 3. The summed E-state index contributed by atoms with van der Waals surface area (Å²) in [7, 11) is 0. The summed E-state index contributed by atoms with van der Waals surface area (Å²) in [5.74, 6) is -1.15. The van der Waals surface area contributed by atoms with Gasteiger partial charge in [0.25, 0.3) is 11.8 Å². The standard InChI is InChI=1S/C36H29Cl2N3O3S/c1-2-33(36(44)40-31-20-8-14-23-11-6-7-17-27(23)31)45-26-16-9-15-25(21-26)39-35(43)32(22-28-29(37)18-10-19-30(28)38)41-34(42)24-12-4-3-5-13-24/h3-22,33H,2H2,1H3,(H,39,43)(H,40,44)(H,41,42)/b32-22+. The lowest BCUT2D eigenvalue weighted by molar-refractivity contribution is -0.116. The van der Waals surface area contributed by atoms with Gasteiger partial charge in [0.05, 0.1) is 5.25 Å². The number of benzene rings is 5. The second kappa shape index (κ2) is 14.9. The molecule has 0 fully saturated rings. The highest BCUT2D eigenvalue weighted by Crippen LogP contribution is 2.31. The van der Waals surface area contributed by atoms with Gasteiger partial charge < -0.3 is 16.0 Å². The number of rotatable bonds is 10. The van der Waals surface area contributed by atoms with E-state index < -0.39 is 11.8 Å². The van der Waals surface area contributed by atoms with Crippen LogP contribution < -0.4 is 16.0 Å². The average Bonchev–Trinajstić information content (AvgIpc) is 3.05. The molecule has 0 bridgehead atoms. The first-order chi connectivity index (χ1) is 21.8. The molecule has 1 unspecified atom stereocenters. The molecule has 5 aromatic carbocycles. The van der Waals surface area contributed by atoms with Gasteiger partial charge in [0.1, 0.15) is 5.70 Å². The first-order valence-electron chi connectivity index (χ1n) is 14.2. The molecule has 45 heavy (non-hydrogen) atoms. The molecule has 0 aromatic heterocycles. The minimum Gasteiger partial charge on any atom is -0.325 e. The largest absolute Gasteiger partial charge is 0.325 e. The Bertz CT molecular complexity index is 1870. The van der Waals surface area contributed by atoms with Crippen LogP contribution in [0.1, 0.15) is 29.3 Å². The molecular formula is C36H29Cl2N3O3S. The van der Waals surface area contributed by atoms with E-state index in [9.17, 15) is 14.4 Å². The maximum absolute atomic E-state index is 13.6. The average molecular weight is 655 g/mol. The highest BCUT2D eigenvalue weighted by atomic mass is 35.5. The lowest BCUT2D eigenvalue weighted by atomic mass is 10.1. The van der Waals surface area contributed by atoms with Crippen LogP contribution in [-0.4, -0.2) is 23.0 Å². The summed E-state index contributed by atoms with van der Waals surface area (Å²) in [4.78, 5) is 40.7. The van der Waals surface area contributed by atoms with Crippen LogP contribution in [0.2, 0.25) is 10.0 Å². The maximum atomic E-state index is 13.6. The predicted octanol–water partition coefficient (Wildman–Crippen LogP) is 9.07. The molecule has 0 saturated carbocycles. The normalized spacial score (nSPS) is 11.9. The maximum Gasteiger partial charge on any atom is 0.272 e. The molecule has 5 aromatic rings. The summed E-state index contributed by atoms with van der Waals surface area (Å²) >= 11 is 14.1. The van der Waals surface area contributed by atoms with Crippen molar-refractivity contribution in [2.75, 3.05) is 10.6 Å². The molecule has 0 heterocycles. The van der Waals surface area contributed by atoms with Crippen LogP contribution in [0.4, 0.5) is 11.4 Å². The Morgan fingerprint density at radius 3 is 2.20 bits per heavy atom. The second-order valence-corrected chi connectivity index (χ2v) is 12.1. The van der Waals surface area contributed by atoms with Crippen molar-refractivity contribution in [3.05, 3.63) is 142 Å². The van der Waals surface area contributed by atoms with Crippen LogP contribution in [0.3, 0.4) is 0 Å². The summed E-state index contributed by atoms with van der Waals surface area (Å²) in [6.45, 7) is 1.96. The molecule has 0 radical (unpaired) electrons. The van der Waals surface area contributed by atoms with Crippen molar-refractivity contribution < 1.29 is 14.4 Å². The van der Waals surface area contributed by atoms with Crippen LogP contribution in [0.25, 0.3) is 16.8 Å². The number of thioether (sulfide) groups is 1. The zero-order valence-electron chi connectivity index (χ0n) is 24.2. The van der Waals surface area contributed by atoms with Crippen molar-refractivity contribution in [1.29, 1.82) is 0 Å². The molecule has 5 rings (SSSR count). The minimum atomic E-state index is -0.571.